The summed E-state index contributed by atoms with van der Waals surface area (Å²) in [6.45, 7) is 7.22. The van der Waals surface area contributed by atoms with Gasteiger partial charge in [-0.1, -0.05) is 6.92 Å². The summed E-state index contributed by atoms with van der Waals surface area (Å²) >= 11 is 0. The number of nitrogens with one attached hydrogen (secondary N) is 2. The van der Waals surface area contributed by atoms with Crippen LogP contribution in [0.1, 0.15) is 46.0 Å². The van der Waals surface area contributed by atoms with Crippen LogP contribution < -0.4 is 10.6 Å². The summed E-state index contributed by atoms with van der Waals surface area (Å²) < 4.78 is 0. The summed E-state index contributed by atoms with van der Waals surface area (Å²) in [7, 11) is 2.11. The van der Waals surface area contributed by atoms with Gasteiger partial charge in [0.1, 0.15) is 0 Å². The van der Waals surface area contributed by atoms with Gasteiger partial charge < -0.3 is 15.5 Å². The van der Waals surface area contributed by atoms with Gasteiger partial charge in [-0.15, -0.1) is 0 Å². The molecule has 1 amide bonds. The maximum Gasteiger partial charge on any atom is 0.220 e. The predicted molar refractivity (Wildman–Crippen MR) is 75.7 cm³/mol. The number of hydrogen-bond acceptors (Lipinski definition) is 3. The maximum atomic E-state index is 11.7. The first-order chi connectivity index (χ1) is 8.63. The highest BCUT2D eigenvalue weighted by atomic mass is 16.1. The molecule has 18 heavy (non-hydrogen) atoms. The van der Waals surface area contributed by atoms with Crippen LogP contribution in [0.5, 0.6) is 0 Å². The summed E-state index contributed by atoms with van der Waals surface area (Å²) in [4.78, 5) is 14.0. The molecule has 1 rings (SSSR count). The Balaban J connectivity index is 2.02. The molecule has 0 aromatic carbocycles. The molecule has 1 saturated heterocycles. The Hall–Kier alpha value is -0.610. The molecule has 4 heteroatoms. The second-order valence-electron chi connectivity index (χ2n) is 5.42. The minimum Gasteiger partial charge on any atom is -0.355 e. The monoisotopic (exact) mass is 255 g/mol. The quantitative estimate of drug-likeness (QED) is 0.688. The molecule has 2 atom stereocenters. The van der Waals surface area contributed by atoms with Crippen molar-refractivity contribution in [2.75, 3.05) is 26.7 Å². The summed E-state index contributed by atoms with van der Waals surface area (Å²) in [6.07, 6.45) is 5.27. The second-order valence-corrected chi connectivity index (χ2v) is 5.42. The first-order valence-electron chi connectivity index (χ1n) is 7.33. The van der Waals surface area contributed by atoms with Crippen molar-refractivity contribution in [2.45, 2.75) is 58.0 Å². The highest BCUT2D eigenvalue weighted by Gasteiger charge is 2.15. The molecule has 0 radical (unpaired) electrons. The van der Waals surface area contributed by atoms with Gasteiger partial charge in [0.2, 0.25) is 5.91 Å². The van der Waals surface area contributed by atoms with Crippen LogP contribution in [0.2, 0.25) is 0 Å². The van der Waals surface area contributed by atoms with Gasteiger partial charge in [0.25, 0.3) is 0 Å². The minimum atomic E-state index is 0.196. The van der Waals surface area contributed by atoms with Crippen LogP contribution in [-0.4, -0.2) is 49.6 Å². The highest BCUT2D eigenvalue weighted by molar-refractivity contribution is 5.75. The molecule has 1 aliphatic rings. The van der Waals surface area contributed by atoms with Gasteiger partial charge in [-0.3, -0.25) is 4.79 Å². The van der Waals surface area contributed by atoms with E-state index in [1.165, 1.54) is 12.8 Å². The molecule has 0 bridgehead atoms. The number of amides is 1. The fourth-order valence-electron chi connectivity index (χ4n) is 2.30. The van der Waals surface area contributed by atoms with E-state index in [1.807, 2.05) is 0 Å². The molecule has 1 fully saturated rings. The smallest absolute Gasteiger partial charge is 0.220 e. The minimum absolute atomic E-state index is 0.196. The lowest BCUT2D eigenvalue weighted by molar-refractivity contribution is -0.121. The van der Waals surface area contributed by atoms with Crippen molar-refractivity contribution in [1.29, 1.82) is 0 Å². The lowest BCUT2D eigenvalue weighted by Gasteiger charge is -2.23. The average molecular weight is 255 g/mol. The van der Waals surface area contributed by atoms with E-state index >= 15 is 0 Å². The van der Waals surface area contributed by atoms with Crippen LogP contribution >= 0.6 is 0 Å². The van der Waals surface area contributed by atoms with Gasteiger partial charge in [0.05, 0.1) is 0 Å². The van der Waals surface area contributed by atoms with Gasteiger partial charge in [-0.2, -0.15) is 0 Å². The van der Waals surface area contributed by atoms with Crippen LogP contribution in [0.4, 0.5) is 0 Å². The first-order valence-corrected chi connectivity index (χ1v) is 7.33. The number of carbonyl (C=O) groups excluding carboxylic acids is 1. The Morgan fingerprint density at radius 2 is 2.33 bits per heavy atom. The number of hydrogen-bond donors (Lipinski definition) is 2. The summed E-state index contributed by atoms with van der Waals surface area (Å²) in [5.41, 5.74) is 0. The van der Waals surface area contributed by atoms with E-state index in [9.17, 15) is 4.79 Å². The molecule has 106 valence electrons. The van der Waals surface area contributed by atoms with Crippen molar-refractivity contribution in [3.63, 3.8) is 0 Å². The van der Waals surface area contributed by atoms with E-state index in [1.54, 1.807) is 0 Å². The summed E-state index contributed by atoms with van der Waals surface area (Å²) in [6, 6.07) is 1.16. The Labute approximate surface area is 111 Å². The Bertz CT molecular complexity index is 239. The van der Waals surface area contributed by atoms with E-state index in [-0.39, 0.29) is 5.91 Å². The lowest BCUT2D eigenvalue weighted by atomic mass is 10.1. The van der Waals surface area contributed by atoms with Crippen molar-refractivity contribution in [3.05, 3.63) is 0 Å². The highest BCUT2D eigenvalue weighted by Crippen LogP contribution is 2.10. The maximum absolute atomic E-state index is 11.7. The van der Waals surface area contributed by atoms with Crippen LogP contribution in [-0.2, 0) is 4.79 Å². The van der Waals surface area contributed by atoms with Gasteiger partial charge >= 0.3 is 0 Å². The van der Waals surface area contributed by atoms with Crippen molar-refractivity contribution in [2.24, 2.45) is 0 Å². The molecule has 0 saturated carbocycles. The standard InChI is InChI=1S/C14H29N3O/c1-4-12(2)17(3)11-10-16-14(18)8-7-13-6-5-9-15-13/h12-13,15H,4-11H2,1-3H3,(H,16,18). The zero-order valence-corrected chi connectivity index (χ0v) is 12.2. The van der Waals surface area contributed by atoms with Crippen LogP contribution in [0.15, 0.2) is 0 Å². The number of rotatable bonds is 8. The van der Waals surface area contributed by atoms with E-state index in [2.05, 4.69) is 36.4 Å². The van der Waals surface area contributed by atoms with E-state index in [0.29, 0.717) is 18.5 Å². The van der Waals surface area contributed by atoms with Crippen molar-refractivity contribution < 1.29 is 4.79 Å². The van der Waals surface area contributed by atoms with Crippen molar-refractivity contribution in [1.82, 2.24) is 15.5 Å². The molecule has 2 unspecified atom stereocenters. The first kappa shape index (κ1) is 15.4. The van der Waals surface area contributed by atoms with Crippen LogP contribution in [0.3, 0.4) is 0 Å². The predicted octanol–water partition coefficient (Wildman–Crippen LogP) is 1.37. The van der Waals surface area contributed by atoms with Crippen molar-refractivity contribution >= 4 is 5.91 Å². The second kappa shape index (κ2) is 8.48. The molecule has 2 N–H and O–H groups in total. The third-order valence-corrected chi connectivity index (χ3v) is 4.01. The Morgan fingerprint density at radius 3 is 2.94 bits per heavy atom. The molecule has 4 nitrogen and oxygen atoms in total. The fourth-order valence-corrected chi connectivity index (χ4v) is 2.30. The third-order valence-electron chi connectivity index (χ3n) is 4.01. The van der Waals surface area contributed by atoms with Gasteiger partial charge in [-0.25, -0.2) is 0 Å². The molecule has 0 aromatic heterocycles. The van der Waals surface area contributed by atoms with Gasteiger partial charge in [-0.05, 0) is 46.2 Å². The Morgan fingerprint density at radius 1 is 1.56 bits per heavy atom. The summed E-state index contributed by atoms with van der Waals surface area (Å²) in [5.74, 6) is 0.196. The van der Waals surface area contributed by atoms with E-state index < -0.39 is 0 Å². The Kier molecular flexibility index (Phi) is 7.28. The van der Waals surface area contributed by atoms with Gasteiger partial charge in [0, 0.05) is 31.6 Å². The molecule has 1 heterocycles. The van der Waals surface area contributed by atoms with Crippen molar-refractivity contribution in [3.8, 4) is 0 Å². The zero-order chi connectivity index (χ0) is 13.4. The largest absolute Gasteiger partial charge is 0.355 e. The fraction of sp³-hybridized carbons (Fsp3) is 0.929. The molecular formula is C14H29N3O. The molecular weight excluding hydrogens is 226 g/mol. The van der Waals surface area contributed by atoms with Crippen LogP contribution in [0.25, 0.3) is 0 Å². The molecule has 0 aromatic rings. The normalized spacial score (nSPS) is 21.2. The van der Waals surface area contributed by atoms with E-state index in [0.717, 1.165) is 32.5 Å². The molecule has 0 spiro atoms. The number of likely N-dealkylation sites (N-methyl/N-ethyl adjacent to an activating group) is 1. The number of carbonyl (C=O) groups is 1. The SMILES string of the molecule is CCC(C)N(C)CCNC(=O)CCC1CCCN1. The molecule has 0 aliphatic carbocycles. The van der Waals surface area contributed by atoms with E-state index in [4.69, 9.17) is 0 Å². The zero-order valence-electron chi connectivity index (χ0n) is 12.2. The van der Waals surface area contributed by atoms with Crippen LogP contribution in [0, 0.1) is 0 Å². The third kappa shape index (κ3) is 5.83. The topological polar surface area (TPSA) is 44.4 Å². The lowest BCUT2D eigenvalue weighted by Crippen LogP contribution is -2.37. The summed E-state index contributed by atoms with van der Waals surface area (Å²) in [5, 5.41) is 6.43. The van der Waals surface area contributed by atoms with Gasteiger partial charge in [0.15, 0.2) is 0 Å². The molecule has 1 aliphatic heterocycles. The average Bonchev–Trinajstić information content (AvgIpc) is 2.88. The number of nitrogens with zero attached hydrogens (tertiary/aromatic N) is 1.